The lowest BCUT2D eigenvalue weighted by Crippen LogP contribution is -1.95. The van der Waals surface area contributed by atoms with Gasteiger partial charge in [0.25, 0.3) is 0 Å². The maximum absolute atomic E-state index is 10.7. The lowest BCUT2D eigenvalue weighted by molar-refractivity contribution is 0.0698. The van der Waals surface area contributed by atoms with Gasteiger partial charge < -0.3 is 14.6 Å². The highest BCUT2D eigenvalue weighted by molar-refractivity contribution is 6.02. The molecular weight excluding hydrogens is 172 g/mol. The van der Waals surface area contributed by atoms with Crippen molar-refractivity contribution >= 4 is 16.9 Å². The normalized spacial score (nSPS) is 10.5. The van der Waals surface area contributed by atoms with Crippen LogP contribution in [0.5, 0.6) is 5.75 Å². The first kappa shape index (κ1) is 7.67. The fourth-order valence-corrected chi connectivity index (χ4v) is 1.21. The minimum Gasteiger partial charge on any atom is -0.504 e. The molecule has 1 heterocycles. The van der Waals surface area contributed by atoms with Gasteiger partial charge in [-0.2, -0.15) is 0 Å². The Bertz CT molecular complexity index is 469. The number of fused-ring (bicyclic) bond motifs is 1. The Balaban J connectivity index is 2.84. The van der Waals surface area contributed by atoms with E-state index >= 15 is 0 Å². The minimum atomic E-state index is -1.07. The molecule has 0 fully saturated rings. The highest BCUT2D eigenvalue weighted by Crippen LogP contribution is 2.28. The average Bonchev–Trinajstić information content (AvgIpc) is 2.48. The van der Waals surface area contributed by atoms with Gasteiger partial charge >= 0.3 is 5.97 Å². The van der Waals surface area contributed by atoms with Crippen molar-refractivity contribution in [3.8, 4) is 5.75 Å². The van der Waals surface area contributed by atoms with Crippen LogP contribution in [0.1, 0.15) is 10.4 Å². The summed E-state index contributed by atoms with van der Waals surface area (Å²) in [4.78, 5) is 10.7. The zero-order valence-corrected chi connectivity index (χ0v) is 6.52. The van der Waals surface area contributed by atoms with Gasteiger partial charge in [-0.15, -0.1) is 0 Å². The van der Waals surface area contributed by atoms with E-state index in [1.165, 1.54) is 6.07 Å². The van der Waals surface area contributed by atoms with Gasteiger partial charge in [-0.3, -0.25) is 0 Å². The van der Waals surface area contributed by atoms with Crippen LogP contribution in [-0.4, -0.2) is 16.2 Å². The maximum Gasteiger partial charge on any atom is 0.339 e. The monoisotopic (exact) mass is 178 g/mol. The summed E-state index contributed by atoms with van der Waals surface area (Å²) in [5, 5.41) is 18.4. The van der Waals surface area contributed by atoms with Gasteiger partial charge in [0.15, 0.2) is 11.3 Å². The van der Waals surface area contributed by atoms with Crippen LogP contribution in [0.2, 0.25) is 0 Å². The molecule has 2 N–H and O–H groups in total. The molecule has 0 saturated heterocycles. The van der Waals surface area contributed by atoms with Crippen LogP contribution in [0.4, 0.5) is 0 Å². The number of furan rings is 1. The number of carboxylic acids is 1. The lowest BCUT2D eigenvalue weighted by atomic mass is 10.1. The van der Waals surface area contributed by atoms with Gasteiger partial charge in [-0.1, -0.05) is 6.07 Å². The van der Waals surface area contributed by atoms with E-state index < -0.39 is 5.97 Å². The summed E-state index contributed by atoms with van der Waals surface area (Å²) in [6.07, 6.45) is 1.12. The predicted molar refractivity (Wildman–Crippen MR) is 44.8 cm³/mol. The fourth-order valence-electron chi connectivity index (χ4n) is 1.21. The van der Waals surface area contributed by atoms with Gasteiger partial charge in [0.2, 0.25) is 0 Å². The quantitative estimate of drug-likeness (QED) is 0.698. The Morgan fingerprint density at radius 1 is 1.38 bits per heavy atom. The first-order chi connectivity index (χ1) is 6.20. The number of aromatic hydroxyl groups is 1. The van der Waals surface area contributed by atoms with Gasteiger partial charge in [-0.05, 0) is 12.1 Å². The minimum absolute atomic E-state index is 0.0434. The van der Waals surface area contributed by atoms with Crippen LogP contribution in [0.25, 0.3) is 11.0 Å². The molecule has 2 aromatic rings. The molecule has 4 nitrogen and oxygen atoms in total. The molecule has 4 heteroatoms. The summed E-state index contributed by atoms with van der Waals surface area (Å²) >= 11 is 0. The van der Waals surface area contributed by atoms with Crippen molar-refractivity contribution in [1.29, 1.82) is 0 Å². The molecular formula is C9H6O4. The number of benzene rings is 1. The van der Waals surface area contributed by atoms with Crippen molar-refractivity contribution in [2.75, 3.05) is 0 Å². The fraction of sp³-hybridized carbons (Fsp3) is 0. The van der Waals surface area contributed by atoms with Gasteiger partial charge in [0, 0.05) is 0 Å². The highest BCUT2D eigenvalue weighted by atomic mass is 16.4. The molecule has 66 valence electrons. The first-order valence-corrected chi connectivity index (χ1v) is 3.62. The molecule has 1 aromatic carbocycles. The van der Waals surface area contributed by atoms with Crippen LogP contribution >= 0.6 is 0 Å². The average molecular weight is 178 g/mol. The van der Waals surface area contributed by atoms with E-state index in [2.05, 4.69) is 0 Å². The Morgan fingerprint density at radius 3 is 2.85 bits per heavy atom. The second-order valence-electron chi connectivity index (χ2n) is 2.61. The summed E-state index contributed by atoms with van der Waals surface area (Å²) in [6, 6.07) is 4.58. The van der Waals surface area contributed by atoms with E-state index in [9.17, 15) is 9.90 Å². The number of para-hydroxylation sites is 1. The summed E-state index contributed by atoms with van der Waals surface area (Å²) < 4.78 is 4.91. The van der Waals surface area contributed by atoms with Crippen LogP contribution < -0.4 is 0 Å². The number of aromatic carboxylic acids is 1. The number of hydrogen-bond acceptors (Lipinski definition) is 3. The molecule has 0 saturated carbocycles. The number of hydrogen-bond donors (Lipinski definition) is 2. The molecule has 0 radical (unpaired) electrons. The third kappa shape index (κ3) is 1.03. The summed E-state index contributed by atoms with van der Waals surface area (Å²) in [5.74, 6) is -1.11. The maximum atomic E-state index is 10.7. The molecule has 0 unspecified atom stereocenters. The molecule has 0 spiro atoms. The van der Waals surface area contributed by atoms with E-state index in [4.69, 9.17) is 9.52 Å². The number of carboxylic acid groups (broad SMARTS) is 1. The molecule has 0 bridgehead atoms. The van der Waals surface area contributed by atoms with E-state index in [1.807, 2.05) is 0 Å². The molecule has 0 atom stereocenters. The van der Waals surface area contributed by atoms with Gasteiger partial charge in [0.05, 0.1) is 5.39 Å². The molecule has 0 aliphatic carbocycles. The number of rotatable bonds is 1. The predicted octanol–water partition coefficient (Wildman–Crippen LogP) is 1.84. The SMILES string of the molecule is O=C(O)c1cccc2c(O)coc12. The topological polar surface area (TPSA) is 70.7 Å². The van der Waals surface area contributed by atoms with Crippen molar-refractivity contribution in [3.05, 3.63) is 30.0 Å². The number of carbonyl (C=O) groups is 1. The highest BCUT2D eigenvalue weighted by Gasteiger charge is 2.13. The third-order valence-electron chi connectivity index (χ3n) is 1.81. The second-order valence-corrected chi connectivity index (χ2v) is 2.61. The molecule has 2 rings (SSSR count). The van der Waals surface area contributed by atoms with Crippen LogP contribution in [-0.2, 0) is 0 Å². The van der Waals surface area contributed by atoms with Crippen molar-refractivity contribution in [2.45, 2.75) is 0 Å². The van der Waals surface area contributed by atoms with Crippen LogP contribution in [0, 0.1) is 0 Å². The third-order valence-corrected chi connectivity index (χ3v) is 1.81. The summed E-state index contributed by atoms with van der Waals surface area (Å²) in [6.45, 7) is 0. The summed E-state index contributed by atoms with van der Waals surface area (Å²) in [5.41, 5.74) is 0.255. The Hall–Kier alpha value is -1.97. The molecule has 1 aromatic heterocycles. The largest absolute Gasteiger partial charge is 0.504 e. The smallest absolute Gasteiger partial charge is 0.339 e. The second kappa shape index (κ2) is 2.52. The molecule has 0 aliphatic rings. The van der Waals surface area contributed by atoms with E-state index in [1.54, 1.807) is 12.1 Å². The molecule has 13 heavy (non-hydrogen) atoms. The van der Waals surface area contributed by atoms with Crippen LogP contribution in [0.15, 0.2) is 28.9 Å². The summed E-state index contributed by atoms with van der Waals surface area (Å²) in [7, 11) is 0. The van der Waals surface area contributed by atoms with Crippen molar-refractivity contribution in [1.82, 2.24) is 0 Å². The lowest BCUT2D eigenvalue weighted by Gasteiger charge is -1.94. The Kier molecular flexibility index (Phi) is 1.48. The molecule has 0 aliphatic heterocycles. The van der Waals surface area contributed by atoms with E-state index in [0.717, 1.165) is 6.26 Å². The van der Waals surface area contributed by atoms with Crippen LogP contribution in [0.3, 0.4) is 0 Å². The zero-order chi connectivity index (χ0) is 9.42. The Labute approximate surface area is 73.0 Å². The van der Waals surface area contributed by atoms with Crippen molar-refractivity contribution in [2.24, 2.45) is 0 Å². The first-order valence-electron chi connectivity index (χ1n) is 3.62. The van der Waals surface area contributed by atoms with Crippen molar-refractivity contribution in [3.63, 3.8) is 0 Å². The Morgan fingerprint density at radius 2 is 2.15 bits per heavy atom. The van der Waals surface area contributed by atoms with Gasteiger partial charge in [-0.25, -0.2) is 4.79 Å². The van der Waals surface area contributed by atoms with E-state index in [0.29, 0.717) is 5.39 Å². The zero-order valence-electron chi connectivity index (χ0n) is 6.52. The van der Waals surface area contributed by atoms with Gasteiger partial charge in [0.1, 0.15) is 11.8 Å². The standard InChI is InChI=1S/C9H6O4/c10-7-4-13-8-5(7)2-1-3-6(8)9(11)12/h1-4,10H,(H,11,12). The van der Waals surface area contributed by atoms with Crippen molar-refractivity contribution < 1.29 is 19.4 Å². The molecule has 0 amide bonds. The van der Waals surface area contributed by atoms with E-state index in [-0.39, 0.29) is 16.9 Å².